The monoisotopic (exact) mass is 430 g/mol. The van der Waals surface area contributed by atoms with Crippen molar-refractivity contribution in [2.24, 2.45) is 0 Å². The van der Waals surface area contributed by atoms with Gasteiger partial charge in [0.1, 0.15) is 5.56 Å². The molecule has 0 radical (unpaired) electrons. The molecule has 26 heavy (non-hydrogen) atoms. The molecule has 2 heterocycles. The third-order valence-corrected chi connectivity index (χ3v) is 5.48. The highest BCUT2D eigenvalue weighted by Crippen LogP contribution is 2.33. The second-order valence-electron chi connectivity index (χ2n) is 6.60. The molecular formula is C20H16BrClN2O2. The Morgan fingerprint density at radius 1 is 1.31 bits per heavy atom. The molecule has 1 aliphatic rings. The lowest BCUT2D eigenvalue weighted by Crippen LogP contribution is -2.29. The standard InChI is InChI=1S/C20H16BrClN2O2/c1-11-6-13-7-14(21)8-16-18(13)24(11)10-17(19(16)25)20(26)23-9-12-2-4-15(22)5-3-12/h2-5,7-8,10-11H,6,9H2,1H3,(H,23,26). The topological polar surface area (TPSA) is 51.1 Å². The maximum absolute atomic E-state index is 12.9. The Labute approximate surface area is 163 Å². The summed E-state index contributed by atoms with van der Waals surface area (Å²) in [7, 11) is 0. The van der Waals surface area contributed by atoms with E-state index in [1.165, 1.54) is 0 Å². The molecule has 0 fully saturated rings. The van der Waals surface area contributed by atoms with Crippen molar-refractivity contribution in [3.63, 3.8) is 0 Å². The zero-order chi connectivity index (χ0) is 18.4. The Morgan fingerprint density at radius 3 is 2.77 bits per heavy atom. The van der Waals surface area contributed by atoms with E-state index in [-0.39, 0.29) is 22.9 Å². The number of hydrogen-bond donors (Lipinski definition) is 1. The van der Waals surface area contributed by atoms with Crippen LogP contribution < -0.4 is 10.7 Å². The first kappa shape index (κ1) is 17.3. The Kier molecular flexibility index (Phi) is 4.37. The summed E-state index contributed by atoms with van der Waals surface area (Å²) in [6.45, 7) is 2.43. The highest BCUT2D eigenvalue weighted by molar-refractivity contribution is 9.10. The number of carbonyl (C=O) groups is 1. The van der Waals surface area contributed by atoms with Gasteiger partial charge in [0.15, 0.2) is 0 Å². The van der Waals surface area contributed by atoms with Gasteiger partial charge in [0, 0.05) is 33.7 Å². The van der Waals surface area contributed by atoms with E-state index >= 15 is 0 Å². The van der Waals surface area contributed by atoms with Crippen molar-refractivity contribution in [1.82, 2.24) is 9.88 Å². The van der Waals surface area contributed by atoms with Crippen molar-refractivity contribution in [2.45, 2.75) is 25.9 Å². The first-order valence-electron chi connectivity index (χ1n) is 8.34. The lowest BCUT2D eigenvalue weighted by Gasteiger charge is -2.13. The van der Waals surface area contributed by atoms with E-state index in [0.717, 1.165) is 27.5 Å². The van der Waals surface area contributed by atoms with Crippen LogP contribution in [0.15, 0.2) is 51.9 Å². The summed E-state index contributed by atoms with van der Waals surface area (Å²) in [5.41, 5.74) is 2.92. The lowest BCUT2D eigenvalue weighted by atomic mass is 10.1. The minimum Gasteiger partial charge on any atom is -0.348 e. The van der Waals surface area contributed by atoms with Gasteiger partial charge >= 0.3 is 0 Å². The van der Waals surface area contributed by atoms with Crippen molar-refractivity contribution < 1.29 is 4.79 Å². The number of halogens is 2. The number of pyridine rings is 1. The summed E-state index contributed by atoms with van der Waals surface area (Å²) >= 11 is 9.35. The second-order valence-corrected chi connectivity index (χ2v) is 7.95. The number of amides is 1. The molecule has 1 N–H and O–H groups in total. The van der Waals surface area contributed by atoms with Gasteiger partial charge in [0.2, 0.25) is 5.43 Å². The highest BCUT2D eigenvalue weighted by atomic mass is 79.9. The Bertz CT molecular complexity index is 1090. The minimum absolute atomic E-state index is 0.171. The Hall–Kier alpha value is -2.11. The third kappa shape index (κ3) is 2.95. The van der Waals surface area contributed by atoms with Gasteiger partial charge in [-0.25, -0.2) is 0 Å². The molecule has 2 aromatic carbocycles. The molecule has 0 spiro atoms. The van der Waals surface area contributed by atoms with Crippen molar-refractivity contribution in [1.29, 1.82) is 0 Å². The number of nitrogens with zero attached hydrogens (tertiary/aromatic N) is 1. The molecule has 0 saturated carbocycles. The second kappa shape index (κ2) is 6.56. The van der Waals surface area contributed by atoms with Crippen molar-refractivity contribution >= 4 is 44.3 Å². The maximum atomic E-state index is 12.9. The zero-order valence-electron chi connectivity index (χ0n) is 14.1. The van der Waals surface area contributed by atoms with Crippen LogP contribution in [0.5, 0.6) is 0 Å². The molecule has 132 valence electrons. The smallest absolute Gasteiger partial charge is 0.257 e. The predicted molar refractivity (Wildman–Crippen MR) is 107 cm³/mol. The predicted octanol–water partition coefficient (Wildman–Crippen LogP) is 4.46. The summed E-state index contributed by atoms with van der Waals surface area (Å²) < 4.78 is 2.90. The van der Waals surface area contributed by atoms with E-state index in [1.807, 2.05) is 22.8 Å². The van der Waals surface area contributed by atoms with Gasteiger partial charge in [-0.2, -0.15) is 0 Å². The third-order valence-electron chi connectivity index (χ3n) is 4.77. The van der Waals surface area contributed by atoms with E-state index in [9.17, 15) is 9.59 Å². The van der Waals surface area contributed by atoms with Crippen LogP contribution in [0.2, 0.25) is 5.02 Å². The van der Waals surface area contributed by atoms with Crippen LogP contribution >= 0.6 is 27.5 Å². The van der Waals surface area contributed by atoms with E-state index in [2.05, 4.69) is 28.2 Å². The summed E-state index contributed by atoms with van der Waals surface area (Å²) in [5.74, 6) is -0.365. The lowest BCUT2D eigenvalue weighted by molar-refractivity contribution is 0.0949. The van der Waals surface area contributed by atoms with Gasteiger partial charge in [-0.15, -0.1) is 0 Å². The molecule has 0 bridgehead atoms. The summed E-state index contributed by atoms with van der Waals surface area (Å²) in [5, 5.41) is 4.06. The number of carbonyl (C=O) groups excluding carboxylic acids is 1. The fourth-order valence-electron chi connectivity index (χ4n) is 3.50. The van der Waals surface area contributed by atoms with Crippen LogP contribution in [0.4, 0.5) is 0 Å². The van der Waals surface area contributed by atoms with Crippen LogP contribution in [-0.2, 0) is 13.0 Å². The van der Waals surface area contributed by atoms with Gasteiger partial charge in [0.05, 0.1) is 5.52 Å². The van der Waals surface area contributed by atoms with Gasteiger partial charge in [-0.1, -0.05) is 39.7 Å². The Morgan fingerprint density at radius 2 is 2.04 bits per heavy atom. The van der Waals surface area contributed by atoms with Gasteiger partial charge in [0.25, 0.3) is 5.91 Å². The molecule has 1 atom stereocenters. The van der Waals surface area contributed by atoms with E-state index in [4.69, 9.17) is 11.6 Å². The SMILES string of the molecule is CC1Cc2cc(Br)cc3c(=O)c(C(=O)NCc4ccc(Cl)cc4)cn1c23. The number of aromatic nitrogens is 1. The molecule has 1 aliphatic heterocycles. The molecule has 3 aromatic rings. The van der Waals surface area contributed by atoms with Crippen LogP contribution in [0.25, 0.3) is 10.9 Å². The van der Waals surface area contributed by atoms with Gasteiger partial charge in [-0.3, -0.25) is 9.59 Å². The number of hydrogen-bond acceptors (Lipinski definition) is 2. The largest absolute Gasteiger partial charge is 0.348 e. The molecule has 0 aliphatic carbocycles. The minimum atomic E-state index is -0.365. The summed E-state index contributed by atoms with van der Waals surface area (Å²) in [6, 6.07) is 11.3. The van der Waals surface area contributed by atoms with E-state index in [0.29, 0.717) is 17.0 Å². The van der Waals surface area contributed by atoms with Crippen molar-refractivity contribution in [3.8, 4) is 0 Å². The maximum Gasteiger partial charge on any atom is 0.257 e. The quantitative estimate of drug-likeness (QED) is 0.665. The molecule has 1 unspecified atom stereocenters. The first-order chi connectivity index (χ1) is 12.4. The van der Waals surface area contributed by atoms with Crippen LogP contribution in [0.1, 0.15) is 34.5 Å². The van der Waals surface area contributed by atoms with Crippen LogP contribution in [0.3, 0.4) is 0 Å². The average Bonchev–Trinajstić information content (AvgIpc) is 2.92. The van der Waals surface area contributed by atoms with E-state index in [1.54, 1.807) is 24.4 Å². The zero-order valence-corrected chi connectivity index (χ0v) is 16.4. The molecular weight excluding hydrogens is 416 g/mol. The Balaban J connectivity index is 1.71. The normalized spacial score (nSPS) is 15.4. The molecule has 1 amide bonds. The molecule has 1 aromatic heterocycles. The van der Waals surface area contributed by atoms with Crippen LogP contribution in [0, 0.1) is 0 Å². The summed E-state index contributed by atoms with van der Waals surface area (Å²) in [6.07, 6.45) is 2.54. The summed E-state index contributed by atoms with van der Waals surface area (Å²) in [4.78, 5) is 25.6. The fourth-order valence-corrected chi connectivity index (χ4v) is 4.13. The number of nitrogens with one attached hydrogen (secondary N) is 1. The highest BCUT2D eigenvalue weighted by Gasteiger charge is 2.25. The van der Waals surface area contributed by atoms with Gasteiger partial charge in [-0.05, 0) is 48.7 Å². The first-order valence-corrected chi connectivity index (χ1v) is 9.51. The van der Waals surface area contributed by atoms with Crippen molar-refractivity contribution in [3.05, 3.63) is 79.0 Å². The number of rotatable bonds is 3. The van der Waals surface area contributed by atoms with Crippen molar-refractivity contribution in [2.75, 3.05) is 0 Å². The van der Waals surface area contributed by atoms with Gasteiger partial charge < -0.3 is 9.88 Å². The molecule has 4 nitrogen and oxygen atoms in total. The average molecular weight is 432 g/mol. The molecule has 4 rings (SSSR count). The van der Waals surface area contributed by atoms with E-state index < -0.39 is 0 Å². The number of benzene rings is 2. The van der Waals surface area contributed by atoms with Crippen LogP contribution in [-0.4, -0.2) is 10.5 Å². The molecule has 0 saturated heterocycles. The molecule has 6 heteroatoms. The fraction of sp³-hybridized carbons (Fsp3) is 0.200.